The number of para-hydroxylation sites is 1. The number of aromatic nitrogens is 3. The van der Waals surface area contributed by atoms with Gasteiger partial charge in [-0.3, -0.25) is 9.55 Å². The fraction of sp³-hybridized carbons (Fsp3) is 0.200. The smallest absolute Gasteiger partial charge is 0.148 e. The largest absolute Gasteiger partial charge is 0.507 e. The molecule has 1 N–H and O–H groups in total. The predicted molar refractivity (Wildman–Crippen MR) is 266 cm³/mol. The van der Waals surface area contributed by atoms with E-state index in [4.69, 9.17) is 14.1 Å². The van der Waals surface area contributed by atoms with Crippen LogP contribution in [0.15, 0.2) is 158 Å². The molecule has 7 aromatic carbocycles. The van der Waals surface area contributed by atoms with E-state index in [0.29, 0.717) is 17.0 Å². The molecule has 65 heavy (non-hydrogen) atoms. The van der Waals surface area contributed by atoms with Crippen molar-refractivity contribution in [2.75, 3.05) is 0 Å². The Bertz CT molecular complexity index is 3390. The maximum atomic E-state index is 12.3. The van der Waals surface area contributed by atoms with Gasteiger partial charge in [-0.05, 0) is 98.6 Å². The average molecular weight is 1030 g/mol. The van der Waals surface area contributed by atoms with Crippen molar-refractivity contribution in [2.24, 2.45) is 0 Å². The zero-order valence-electron chi connectivity index (χ0n) is 41.1. The predicted octanol–water partition coefficient (Wildman–Crippen LogP) is 15.5. The minimum Gasteiger partial charge on any atom is -0.507 e. The second kappa shape index (κ2) is 16.3. The molecule has 2 aromatic heterocycles. The number of hydrogen-bond acceptors (Lipinski definition) is 3. The van der Waals surface area contributed by atoms with Crippen molar-refractivity contribution in [1.82, 2.24) is 14.5 Å². The number of rotatable bonds is 6. The van der Waals surface area contributed by atoms with Crippen LogP contribution in [0.5, 0.6) is 5.75 Å². The summed E-state index contributed by atoms with van der Waals surface area (Å²) in [6.45, 7) is 15.6. The molecule has 0 amide bonds. The third-order valence-corrected chi connectivity index (χ3v) is 13.1. The molecule has 0 bridgehead atoms. The topological polar surface area (TPSA) is 50.9 Å². The molecular formula is C60H54N3OPt-. The molecule has 0 spiro atoms. The van der Waals surface area contributed by atoms with Crippen LogP contribution in [0.3, 0.4) is 0 Å². The van der Waals surface area contributed by atoms with Gasteiger partial charge in [-0.15, -0.1) is 29.3 Å². The van der Waals surface area contributed by atoms with Crippen LogP contribution in [0.2, 0.25) is 0 Å². The molecular weight excluding hydrogens is 974 g/mol. The van der Waals surface area contributed by atoms with Crippen molar-refractivity contribution in [2.45, 2.75) is 78.5 Å². The van der Waals surface area contributed by atoms with Gasteiger partial charge < -0.3 is 5.11 Å². The molecule has 0 fully saturated rings. The van der Waals surface area contributed by atoms with Gasteiger partial charge >= 0.3 is 0 Å². The Hall–Kier alpha value is -6.35. The fourth-order valence-corrected chi connectivity index (χ4v) is 9.41. The van der Waals surface area contributed by atoms with Crippen LogP contribution in [0.1, 0.15) is 87.3 Å². The summed E-state index contributed by atoms with van der Waals surface area (Å²) in [5.41, 5.74) is 17.2. The first kappa shape index (κ1) is 40.2. The van der Waals surface area contributed by atoms with Crippen LogP contribution in [0.4, 0.5) is 0 Å². The maximum Gasteiger partial charge on any atom is 0.148 e. The van der Waals surface area contributed by atoms with Crippen LogP contribution in [-0.2, 0) is 37.3 Å². The summed E-state index contributed by atoms with van der Waals surface area (Å²) in [4.78, 5) is 10.5. The molecule has 0 saturated heterocycles. The first-order valence-electron chi connectivity index (χ1n) is 23.6. The zero-order valence-corrected chi connectivity index (χ0v) is 40.4. The summed E-state index contributed by atoms with van der Waals surface area (Å²) in [6, 6.07) is 55.4. The van der Waals surface area contributed by atoms with E-state index >= 15 is 0 Å². The molecule has 1 aliphatic rings. The molecule has 0 saturated carbocycles. The van der Waals surface area contributed by atoms with Crippen molar-refractivity contribution in [1.29, 1.82) is 0 Å². The van der Waals surface area contributed by atoms with E-state index in [1.165, 1.54) is 11.1 Å². The summed E-state index contributed by atoms with van der Waals surface area (Å²) in [5.74, 6) is 0.810. The Morgan fingerprint density at radius 2 is 1.29 bits per heavy atom. The molecule has 4 nitrogen and oxygen atoms in total. The third kappa shape index (κ3) is 7.76. The van der Waals surface area contributed by atoms with Gasteiger partial charge in [0.15, 0.2) is 0 Å². The number of phenolic OH excluding ortho intramolecular Hbond substituents is 1. The van der Waals surface area contributed by atoms with Crippen molar-refractivity contribution in [3.63, 3.8) is 0 Å². The van der Waals surface area contributed by atoms with Crippen LogP contribution in [-0.4, -0.2) is 19.6 Å². The molecule has 0 aliphatic heterocycles. The second-order valence-corrected chi connectivity index (χ2v) is 19.8. The summed E-state index contributed by atoms with van der Waals surface area (Å²) in [5, 5.41) is 12.3. The van der Waals surface area contributed by atoms with Gasteiger partial charge in [0.1, 0.15) is 11.6 Å². The van der Waals surface area contributed by atoms with Crippen molar-refractivity contribution in [3.8, 4) is 78.6 Å². The number of aryl methyl sites for hydroxylation is 1. The standard InChI is InChI=1S/C60H54N3O.Pt/c1-37-22-24-38(25-23-37)40-28-29-61-52(33-40)42-30-41(31-44(32-42)59(5,6)7)45-19-15-21-54-56(45)62-57(49-35-48-46-18-13-14-20-50(46)60(8,9)51(48)36-55(49)64)63(54)53-27-26-43(58(2,3)4)34-47(53)39-16-11-10-12-17-39;/h10-29,31-36,64H,1-9H3;/q-1;/i1D3;. The monoisotopic (exact) mass is 1030 g/mol. The van der Waals surface area contributed by atoms with E-state index in [0.717, 1.165) is 83.6 Å². The van der Waals surface area contributed by atoms with E-state index in [1.807, 2.05) is 36.4 Å². The van der Waals surface area contributed by atoms with E-state index in [9.17, 15) is 5.11 Å². The van der Waals surface area contributed by atoms with Gasteiger partial charge in [-0.2, -0.15) is 0 Å². The van der Waals surface area contributed by atoms with Crippen LogP contribution >= 0.6 is 0 Å². The van der Waals surface area contributed by atoms with Crippen LogP contribution < -0.4 is 0 Å². The Morgan fingerprint density at radius 1 is 0.585 bits per heavy atom. The molecule has 0 radical (unpaired) electrons. The molecule has 0 unspecified atom stereocenters. The SMILES string of the molecule is [2H]C([2H])([2H])c1ccc(-c2ccnc(-c3[c-]c(-c4cccc5c4nc(-c4cc6c(cc4O)C(C)(C)c4ccccc4-6)n5-c4ccc(C(C)(C)C)cc4-c4ccccc4)cc(C(C)(C)C)c3)c2)cc1.[Pt]. The van der Waals surface area contributed by atoms with Gasteiger partial charge in [0.25, 0.3) is 0 Å². The minimum absolute atomic E-state index is 0. The summed E-state index contributed by atoms with van der Waals surface area (Å²) < 4.78 is 25.8. The Kier molecular flexibility index (Phi) is 10.1. The fourth-order valence-electron chi connectivity index (χ4n) is 9.41. The van der Waals surface area contributed by atoms with Gasteiger partial charge in [0.2, 0.25) is 0 Å². The van der Waals surface area contributed by atoms with Crippen molar-refractivity contribution >= 4 is 11.0 Å². The average Bonchev–Trinajstić information content (AvgIpc) is 3.79. The molecule has 326 valence electrons. The number of hydrogen-bond donors (Lipinski definition) is 1. The first-order valence-corrected chi connectivity index (χ1v) is 22.1. The Morgan fingerprint density at radius 3 is 2.03 bits per heavy atom. The van der Waals surface area contributed by atoms with Gasteiger partial charge in [0, 0.05) is 48.0 Å². The summed E-state index contributed by atoms with van der Waals surface area (Å²) in [7, 11) is 0. The van der Waals surface area contributed by atoms with Gasteiger partial charge in [-0.25, -0.2) is 4.98 Å². The van der Waals surface area contributed by atoms with Crippen LogP contribution in [0.25, 0.3) is 83.9 Å². The zero-order chi connectivity index (χ0) is 47.2. The van der Waals surface area contributed by atoms with E-state index in [2.05, 4.69) is 169 Å². The van der Waals surface area contributed by atoms with E-state index < -0.39 is 6.85 Å². The first-order chi connectivity index (χ1) is 31.8. The molecule has 10 rings (SSSR count). The van der Waals surface area contributed by atoms with Crippen LogP contribution in [0, 0.1) is 12.9 Å². The normalized spacial score (nSPS) is 13.9. The molecule has 9 aromatic rings. The molecule has 0 atom stereocenters. The number of fused-ring (bicyclic) bond motifs is 4. The number of nitrogens with zero attached hydrogens (tertiary/aromatic N) is 3. The molecule has 2 heterocycles. The van der Waals surface area contributed by atoms with Gasteiger partial charge in [-0.1, -0.05) is 175 Å². The van der Waals surface area contributed by atoms with Crippen molar-refractivity contribution < 1.29 is 30.3 Å². The number of benzene rings is 7. The maximum absolute atomic E-state index is 12.3. The quantitative estimate of drug-likeness (QED) is 0.169. The molecule has 5 heteroatoms. The second-order valence-electron chi connectivity index (χ2n) is 19.8. The van der Waals surface area contributed by atoms with Crippen molar-refractivity contribution in [3.05, 3.63) is 192 Å². The van der Waals surface area contributed by atoms with E-state index in [-0.39, 0.29) is 43.1 Å². The number of aromatic hydroxyl groups is 1. The Balaban J connectivity index is 0.00000578. The van der Waals surface area contributed by atoms with E-state index in [1.54, 1.807) is 18.3 Å². The summed E-state index contributed by atoms with van der Waals surface area (Å²) >= 11 is 0. The number of imidazole rings is 1. The number of pyridine rings is 1. The molecule has 1 aliphatic carbocycles. The van der Waals surface area contributed by atoms with Gasteiger partial charge in [0.05, 0.1) is 22.3 Å². The minimum atomic E-state index is -2.17. The number of phenols is 1. The Labute approximate surface area is 402 Å². The third-order valence-electron chi connectivity index (χ3n) is 13.1. The summed E-state index contributed by atoms with van der Waals surface area (Å²) in [6.07, 6.45) is 1.80.